The van der Waals surface area contributed by atoms with E-state index < -0.39 is 0 Å². The Morgan fingerprint density at radius 2 is 2.05 bits per heavy atom. The second-order valence-corrected chi connectivity index (χ2v) is 5.25. The van der Waals surface area contributed by atoms with Gasteiger partial charge in [-0.2, -0.15) is 0 Å². The summed E-state index contributed by atoms with van der Waals surface area (Å²) in [5.41, 5.74) is 0.714. The van der Waals surface area contributed by atoms with E-state index in [1.54, 1.807) is 20.0 Å². The summed E-state index contributed by atoms with van der Waals surface area (Å²) in [5.74, 6) is -0.415. The summed E-state index contributed by atoms with van der Waals surface area (Å²) in [6.45, 7) is 2.40. The van der Waals surface area contributed by atoms with Crippen LogP contribution in [0.2, 0.25) is 0 Å². The van der Waals surface area contributed by atoms with Crippen LogP contribution in [0.4, 0.5) is 5.69 Å². The van der Waals surface area contributed by atoms with E-state index in [-0.39, 0.29) is 30.8 Å². The van der Waals surface area contributed by atoms with Gasteiger partial charge in [-0.05, 0) is 43.6 Å². The predicted octanol–water partition coefficient (Wildman–Crippen LogP) is 2.66. The van der Waals surface area contributed by atoms with Gasteiger partial charge in [0.1, 0.15) is 4.88 Å². The van der Waals surface area contributed by atoms with Crippen molar-refractivity contribution in [1.29, 1.82) is 0 Å². The number of nitrogens with one attached hydrogen (secondary N) is 2. The van der Waals surface area contributed by atoms with Gasteiger partial charge in [-0.25, -0.2) is 4.79 Å². The Kier molecular flexibility index (Phi) is 6.61. The highest BCUT2D eigenvalue weighted by Gasteiger charge is 2.11. The zero-order chi connectivity index (χ0) is 14.5. The fourth-order valence-corrected chi connectivity index (χ4v) is 2.73. The van der Waals surface area contributed by atoms with Gasteiger partial charge in [-0.15, -0.1) is 23.7 Å². The molecule has 0 saturated carbocycles. The molecule has 0 unspecified atom stereocenters. The van der Waals surface area contributed by atoms with Crippen LogP contribution in [0.5, 0.6) is 0 Å². The van der Waals surface area contributed by atoms with Crippen LogP contribution >= 0.6 is 23.7 Å². The van der Waals surface area contributed by atoms with E-state index in [4.69, 9.17) is 4.74 Å². The van der Waals surface area contributed by atoms with Crippen molar-refractivity contribution in [1.82, 2.24) is 5.32 Å². The van der Waals surface area contributed by atoms with Gasteiger partial charge in [-0.3, -0.25) is 4.79 Å². The molecule has 1 amide bonds. The molecule has 7 heteroatoms. The van der Waals surface area contributed by atoms with Crippen molar-refractivity contribution < 1.29 is 14.3 Å². The standard InChI is InChI=1S/C14H16N2O3S.ClH/c1-3-19-14(18)12-7-9-6-10(4-5-11(9)20-12)16-13(17)8-15-2;/h4-7,15H,3,8H2,1-2H3,(H,16,17);1H. The fraction of sp³-hybridized carbons (Fsp3) is 0.286. The lowest BCUT2D eigenvalue weighted by molar-refractivity contribution is -0.115. The molecule has 0 aliphatic carbocycles. The summed E-state index contributed by atoms with van der Waals surface area (Å²) < 4.78 is 5.96. The summed E-state index contributed by atoms with van der Waals surface area (Å²) in [6.07, 6.45) is 0. The van der Waals surface area contributed by atoms with Crippen LogP contribution in [0.25, 0.3) is 10.1 Å². The molecule has 5 nitrogen and oxygen atoms in total. The number of benzene rings is 1. The van der Waals surface area contributed by atoms with Crippen LogP contribution in [-0.2, 0) is 9.53 Å². The van der Waals surface area contributed by atoms with Crippen molar-refractivity contribution in [3.63, 3.8) is 0 Å². The minimum absolute atomic E-state index is 0. The van der Waals surface area contributed by atoms with Gasteiger partial charge in [-0.1, -0.05) is 0 Å². The highest BCUT2D eigenvalue weighted by Crippen LogP contribution is 2.28. The molecule has 0 aliphatic rings. The number of likely N-dealkylation sites (N-methyl/N-ethyl adjacent to an activating group) is 1. The van der Waals surface area contributed by atoms with Crippen LogP contribution in [0, 0.1) is 0 Å². The number of anilines is 1. The van der Waals surface area contributed by atoms with E-state index in [9.17, 15) is 9.59 Å². The Bertz CT molecular complexity index is 642. The molecule has 1 aromatic carbocycles. The number of carbonyl (C=O) groups excluding carboxylic acids is 2. The molecular weight excluding hydrogens is 312 g/mol. The van der Waals surface area contributed by atoms with Crippen LogP contribution in [-0.4, -0.2) is 32.1 Å². The summed E-state index contributed by atoms with van der Waals surface area (Å²) in [6, 6.07) is 7.34. The summed E-state index contributed by atoms with van der Waals surface area (Å²) in [7, 11) is 1.72. The van der Waals surface area contributed by atoms with Crippen molar-refractivity contribution in [3.05, 3.63) is 29.1 Å². The van der Waals surface area contributed by atoms with Crippen molar-refractivity contribution in [2.45, 2.75) is 6.92 Å². The zero-order valence-electron chi connectivity index (χ0n) is 11.8. The Morgan fingerprint density at radius 3 is 2.71 bits per heavy atom. The van der Waals surface area contributed by atoms with E-state index in [0.717, 1.165) is 10.1 Å². The Labute approximate surface area is 133 Å². The number of hydrogen-bond donors (Lipinski definition) is 2. The van der Waals surface area contributed by atoms with Crippen molar-refractivity contribution in [2.75, 3.05) is 25.5 Å². The molecule has 2 N–H and O–H groups in total. The predicted molar refractivity (Wildman–Crippen MR) is 87.6 cm³/mol. The normalized spacial score (nSPS) is 10.0. The molecule has 21 heavy (non-hydrogen) atoms. The van der Waals surface area contributed by atoms with Gasteiger partial charge < -0.3 is 15.4 Å². The molecule has 0 saturated heterocycles. The molecule has 0 fully saturated rings. The lowest BCUT2D eigenvalue weighted by Gasteiger charge is -2.04. The van der Waals surface area contributed by atoms with E-state index in [2.05, 4.69) is 10.6 Å². The van der Waals surface area contributed by atoms with E-state index in [1.807, 2.05) is 18.2 Å². The fourth-order valence-electron chi connectivity index (χ4n) is 1.79. The number of rotatable bonds is 5. The average Bonchev–Trinajstić information content (AvgIpc) is 2.82. The van der Waals surface area contributed by atoms with Gasteiger partial charge in [0.15, 0.2) is 0 Å². The summed E-state index contributed by atoms with van der Waals surface area (Å²) in [4.78, 5) is 23.7. The van der Waals surface area contributed by atoms with Crippen LogP contribution in [0.1, 0.15) is 16.6 Å². The van der Waals surface area contributed by atoms with Crippen molar-refractivity contribution in [2.24, 2.45) is 0 Å². The minimum atomic E-state index is -0.311. The van der Waals surface area contributed by atoms with Crippen LogP contribution < -0.4 is 10.6 Å². The van der Waals surface area contributed by atoms with Gasteiger partial charge in [0, 0.05) is 10.4 Å². The quantitative estimate of drug-likeness (QED) is 0.828. The molecule has 0 aliphatic heterocycles. The Hall–Kier alpha value is -1.63. The second-order valence-electron chi connectivity index (χ2n) is 4.16. The number of amides is 1. The number of halogens is 1. The molecular formula is C14H17ClN2O3S. The zero-order valence-corrected chi connectivity index (χ0v) is 13.4. The molecule has 0 atom stereocenters. The lowest BCUT2D eigenvalue weighted by atomic mass is 10.2. The highest BCUT2D eigenvalue weighted by molar-refractivity contribution is 7.20. The molecule has 2 aromatic rings. The molecule has 114 valence electrons. The number of fused-ring (bicyclic) bond motifs is 1. The van der Waals surface area contributed by atoms with Gasteiger partial charge in [0.25, 0.3) is 0 Å². The first-order valence-corrected chi connectivity index (χ1v) is 7.11. The topological polar surface area (TPSA) is 67.4 Å². The van der Waals surface area contributed by atoms with Gasteiger partial charge in [0.2, 0.25) is 5.91 Å². The third-order valence-corrected chi connectivity index (χ3v) is 3.71. The van der Waals surface area contributed by atoms with E-state index in [0.29, 0.717) is 17.2 Å². The molecule has 0 radical (unpaired) electrons. The number of esters is 1. The molecule has 1 heterocycles. The minimum Gasteiger partial charge on any atom is -0.462 e. The van der Waals surface area contributed by atoms with E-state index >= 15 is 0 Å². The van der Waals surface area contributed by atoms with E-state index in [1.165, 1.54) is 11.3 Å². The average molecular weight is 329 g/mol. The SMILES string of the molecule is CCOC(=O)c1cc2cc(NC(=O)CNC)ccc2s1.Cl. The molecule has 2 rings (SSSR count). The lowest BCUT2D eigenvalue weighted by Crippen LogP contribution is -2.24. The molecule has 1 aromatic heterocycles. The van der Waals surface area contributed by atoms with Gasteiger partial charge in [0.05, 0.1) is 13.2 Å². The third kappa shape index (κ3) is 4.42. The largest absolute Gasteiger partial charge is 0.462 e. The van der Waals surface area contributed by atoms with Gasteiger partial charge >= 0.3 is 5.97 Å². The first-order valence-electron chi connectivity index (χ1n) is 6.29. The number of thiophene rings is 1. The first kappa shape index (κ1) is 17.4. The van der Waals surface area contributed by atoms with Crippen molar-refractivity contribution in [3.8, 4) is 0 Å². The number of hydrogen-bond acceptors (Lipinski definition) is 5. The van der Waals surface area contributed by atoms with Crippen molar-refractivity contribution >= 4 is 51.4 Å². The Balaban J connectivity index is 0.00000220. The number of carbonyl (C=O) groups is 2. The Morgan fingerprint density at radius 1 is 1.29 bits per heavy atom. The monoisotopic (exact) mass is 328 g/mol. The summed E-state index contributed by atoms with van der Waals surface area (Å²) >= 11 is 1.38. The maximum absolute atomic E-state index is 11.7. The maximum Gasteiger partial charge on any atom is 0.348 e. The number of ether oxygens (including phenoxy) is 1. The second kappa shape index (κ2) is 7.97. The molecule has 0 bridgehead atoms. The highest BCUT2D eigenvalue weighted by atomic mass is 35.5. The smallest absolute Gasteiger partial charge is 0.348 e. The summed E-state index contributed by atoms with van der Waals surface area (Å²) in [5, 5.41) is 6.49. The first-order chi connectivity index (χ1) is 9.63. The molecule has 0 spiro atoms. The third-order valence-electron chi connectivity index (χ3n) is 2.61. The maximum atomic E-state index is 11.7. The van der Waals surface area contributed by atoms with Crippen LogP contribution in [0.15, 0.2) is 24.3 Å². The van der Waals surface area contributed by atoms with Crippen LogP contribution in [0.3, 0.4) is 0 Å².